The molecule has 1 saturated carbocycles. The molecule has 1 N–H and O–H groups in total. The number of amides is 1. The minimum absolute atomic E-state index is 0.234. The number of para-hydroxylation sites is 1. The molecule has 0 atom stereocenters. The second-order valence-corrected chi connectivity index (χ2v) is 6.95. The number of ether oxygens (including phenoxy) is 1. The van der Waals surface area contributed by atoms with Gasteiger partial charge in [-0.1, -0.05) is 53.8 Å². The number of nitrogens with zero attached hydrogens (tertiary/aromatic N) is 2. The highest BCUT2D eigenvalue weighted by atomic mass is 32.1. The second kappa shape index (κ2) is 7.03. The number of hydrogen-bond acceptors (Lipinski definition) is 5. The van der Waals surface area contributed by atoms with Gasteiger partial charge in [-0.3, -0.25) is 10.1 Å². The molecule has 3 aromatic rings. The summed E-state index contributed by atoms with van der Waals surface area (Å²) in [6.45, 7) is 0.412. The first kappa shape index (κ1) is 15.8. The summed E-state index contributed by atoms with van der Waals surface area (Å²) in [5.74, 6) is 0.850. The molecule has 0 aliphatic heterocycles. The first-order valence-corrected chi connectivity index (χ1v) is 9.02. The molecule has 4 rings (SSSR count). The Morgan fingerprint density at radius 1 is 1.08 bits per heavy atom. The van der Waals surface area contributed by atoms with E-state index in [1.165, 1.54) is 24.2 Å². The summed E-state index contributed by atoms with van der Waals surface area (Å²) in [4.78, 5) is 12.6. The van der Waals surface area contributed by atoms with Crippen molar-refractivity contribution in [2.75, 3.05) is 5.32 Å². The van der Waals surface area contributed by atoms with Crippen molar-refractivity contribution in [1.82, 2.24) is 10.2 Å². The lowest BCUT2D eigenvalue weighted by atomic mass is 10.2. The first-order valence-electron chi connectivity index (χ1n) is 8.20. The number of nitrogens with one attached hydrogen (secondary N) is 1. The number of carbonyl (C=O) groups is 1. The Morgan fingerprint density at radius 2 is 1.84 bits per heavy atom. The van der Waals surface area contributed by atoms with Crippen LogP contribution in [0.1, 0.15) is 39.7 Å². The third kappa shape index (κ3) is 3.85. The van der Waals surface area contributed by atoms with E-state index in [1.807, 2.05) is 42.5 Å². The number of aromatic nitrogens is 2. The largest absolute Gasteiger partial charge is 0.488 e. The molecule has 1 fully saturated rings. The SMILES string of the molecule is O=C(Nc1nnc(C2CC2)s1)c1ccccc1OCc1ccccc1. The van der Waals surface area contributed by atoms with Crippen LogP contribution in [0.2, 0.25) is 0 Å². The highest BCUT2D eigenvalue weighted by Gasteiger charge is 2.28. The Bertz CT molecular complexity index is 875. The fraction of sp³-hybridized carbons (Fsp3) is 0.211. The molecule has 1 heterocycles. The molecule has 1 aromatic heterocycles. The third-order valence-electron chi connectivity index (χ3n) is 3.96. The van der Waals surface area contributed by atoms with E-state index in [2.05, 4.69) is 15.5 Å². The van der Waals surface area contributed by atoms with Crippen molar-refractivity contribution in [3.8, 4) is 5.75 Å². The number of benzene rings is 2. The summed E-state index contributed by atoms with van der Waals surface area (Å²) in [7, 11) is 0. The summed E-state index contributed by atoms with van der Waals surface area (Å²) < 4.78 is 5.84. The molecule has 0 unspecified atom stereocenters. The van der Waals surface area contributed by atoms with Crippen molar-refractivity contribution in [3.63, 3.8) is 0 Å². The molecule has 126 valence electrons. The quantitative estimate of drug-likeness (QED) is 0.721. The van der Waals surface area contributed by atoms with E-state index in [-0.39, 0.29) is 5.91 Å². The zero-order chi connectivity index (χ0) is 17.1. The van der Waals surface area contributed by atoms with E-state index in [1.54, 1.807) is 12.1 Å². The lowest BCUT2D eigenvalue weighted by Crippen LogP contribution is -2.13. The van der Waals surface area contributed by atoms with E-state index < -0.39 is 0 Å². The van der Waals surface area contributed by atoms with Crippen LogP contribution in [0.15, 0.2) is 54.6 Å². The Kier molecular flexibility index (Phi) is 4.43. The molecule has 1 aliphatic rings. The summed E-state index contributed by atoms with van der Waals surface area (Å²) >= 11 is 1.45. The van der Waals surface area contributed by atoms with Gasteiger partial charge >= 0.3 is 0 Å². The first-order chi connectivity index (χ1) is 12.3. The van der Waals surface area contributed by atoms with Crippen molar-refractivity contribution < 1.29 is 9.53 Å². The van der Waals surface area contributed by atoms with Gasteiger partial charge in [0.25, 0.3) is 5.91 Å². The molecule has 0 spiro atoms. The van der Waals surface area contributed by atoms with Crippen LogP contribution in [0.3, 0.4) is 0 Å². The van der Waals surface area contributed by atoms with Crippen LogP contribution in [0.5, 0.6) is 5.75 Å². The highest BCUT2D eigenvalue weighted by Crippen LogP contribution is 2.42. The van der Waals surface area contributed by atoms with Crippen LogP contribution < -0.4 is 10.1 Å². The smallest absolute Gasteiger partial charge is 0.261 e. The van der Waals surface area contributed by atoms with Gasteiger partial charge in [-0.25, -0.2) is 0 Å². The minimum Gasteiger partial charge on any atom is -0.488 e. The van der Waals surface area contributed by atoms with Crippen molar-refractivity contribution in [2.24, 2.45) is 0 Å². The average molecular weight is 351 g/mol. The van der Waals surface area contributed by atoms with Crippen LogP contribution in [-0.2, 0) is 6.61 Å². The monoisotopic (exact) mass is 351 g/mol. The van der Waals surface area contributed by atoms with Crippen LogP contribution in [0.25, 0.3) is 0 Å². The fourth-order valence-electron chi connectivity index (χ4n) is 2.46. The Balaban J connectivity index is 1.46. The molecule has 0 radical (unpaired) electrons. The highest BCUT2D eigenvalue weighted by molar-refractivity contribution is 7.15. The average Bonchev–Trinajstić information content (AvgIpc) is 3.41. The predicted octanol–water partition coefficient (Wildman–Crippen LogP) is 4.25. The lowest BCUT2D eigenvalue weighted by Gasteiger charge is -2.10. The molecule has 5 nitrogen and oxygen atoms in total. The number of anilines is 1. The van der Waals surface area contributed by atoms with E-state index in [9.17, 15) is 4.79 Å². The van der Waals surface area contributed by atoms with E-state index in [4.69, 9.17) is 4.74 Å². The molecule has 1 aliphatic carbocycles. The zero-order valence-corrected chi connectivity index (χ0v) is 14.3. The lowest BCUT2D eigenvalue weighted by molar-refractivity contribution is 0.102. The van der Waals surface area contributed by atoms with Gasteiger partial charge < -0.3 is 4.74 Å². The second-order valence-electron chi connectivity index (χ2n) is 5.94. The van der Waals surface area contributed by atoms with Crippen molar-refractivity contribution >= 4 is 22.4 Å². The maximum absolute atomic E-state index is 12.6. The van der Waals surface area contributed by atoms with Crippen LogP contribution in [-0.4, -0.2) is 16.1 Å². The van der Waals surface area contributed by atoms with Gasteiger partial charge in [-0.05, 0) is 30.5 Å². The van der Waals surface area contributed by atoms with E-state index in [0.717, 1.165) is 10.6 Å². The number of rotatable bonds is 6. The Labute approximate surface area is 149 Å². The van der Waals surface area contributed by atoms with Gasteiger partial charge in [0.05, 0.1) is 5.56 Å². The maximum Gasteiger partial charge on any atom is 0.261 e. The fourth-order valence-corrected chi connectivity index (χ4v) is 3.37. The number of hydrogen-bond donors (Lipinski definition) is 1. The van der Waals surface area contributed by atoms with Gasteiger partial charge in [0, 0.05) is 5.92 Å². The minimum atomic E-state index is -0.234. The van der Waals surface area contributed by atoms with Crippen LogP contribution in [0.4, 0.5) is 5.13 Å². The standard InChI is InChI=1S/C19H17N3O2S/c23-17(20-19-22-21-18(25-19)14-10-11-14)15-8-4-5-9-16(15)24-12-13-6-2-1-3-7-13/h1-9,14H,10-12H2,(H,20,22,23). The van der Waals surface area contributed by atoms with E-state index >= 15 is 0 Å². The number of carbonyl (C=O) groups excluding carboxylic acids is 1. The van der Waals surface area contributed by atoms with Crippen LogP contribution in [0, 0.1) is 0 Å². The van der Waals surface area contributed by atoms with Crippen molar-refractivity contribution in [1.29, 1.82) is 0 Å². The summed E-state index contributed by atoms with van der Waals surface area (Å²) in [6, 6.07) is 17.1. The van der Waals surface area contributed by atoms with Crippen LogP contribution >= 0.6 is 11.3 Å². The zero-order valence-electron chi connectivity index (χ0n) is 13.5. The maximum atomic E-state index is 12.6. The van der Waals surface area contributed by atoms with Gasteiger partial charge in [0.2, 0.25) is 5.13 Å². The van der Waals surface area contributed by atoms with Gasteiger partial charge in [0.1, 0.15) is 17.4 Å². The summed E-state index contributed by atoms with van der Waals surface area (Å²) in [6.07, 6.45) is 2.33. The summed E-state index contributed by atoms with van der Waals surface area (Å²) in [5.41, 5.74) is 1.54. The third-order valence-corrected chi connectivity index (χ3v) is 4.96. The Morgan fingerprint density at radius 3 is 2.64 bits per heavy atom. The van der Waals surface area contributed by atoms with Gasteiger partial charge in [-0.15, -0.1) is 10.2 Å². The molecular weight excluding hydrogens is 334 g/mol. The molecule has 2 aromatic carbocycles. The topological polar surface area (TPSA) is 64.1 Å². The molecule has 25 heavy (non-hydrogen) atoms. The predicted molar refractivity (Wildman–Crippen MR) is 97.1 cm³/mol. The molecular formula is C19H17N3O2S. The normalized spacial score (nSPS) is 13.4. The molecule has 0 bridgehead atoms. The van der Waals surface area contributed by atoms with Crippen molar-refractivity contribution in [2.45, 2.75) is 25.4 Å². The molecule has 0 saturated heterocycles. The van der Waals surface area contributed by atoms with Gasteiger partial charge in [-0.2, -0.15) is 0 Å². The Hall–Kier alpha value is -2.73. The van der Waals surface area contributed by atoms with Crippen molar-refractivity contribution in [3.05, 3.63) is 70.7 Å². The summed E-state index contributed by atoms with van der Waals surface area (Å²) in [5, 5.41) is 12.6. The molecule has 6 heteroatoms. The van der Waals surface area contributed by atoms with E-state index in [0.29, 0.717) is 29.0 Å². The van der Waals surface area contributed by atoms with Gasteiger partial charge in [0.15, 0.2) is 0 Å². The molecule has 1 amide bonds.